The molecule has 0 saturated carbocycles. The molecule has 0 aliphatic heterocycles. The van der Waals surface area contributed by atoms with E-state index in [4.69, 9.17) is 4.74 Å². The molecule has 0 aliphatic carbocycles. The monoisotopic (exact) mass is 294 g/mol. The SMILES string of the molecule is CCC(CC)C(O)CNC(=O)Nc1cccc(COC)c1. The number of urea groups is 1. The first-order chi connectivity index (χ1) is 10.1. The molecule has 0 aromatic heterocycles. The Hall–Kier alpha value is -1.59. The molecule has 1 atom stereocenters. The summed E-state index contributed by atoms with van der Waals surface area (Å²) in [7, 11) is 1.63. The third kappa shape index (κ3) is 6.14. The van der Waals surface area contributed by atoms with Crippen molar-refractivity contribution in [2.45, 2.75) is 39.4 Å². The van der Waals surface area contributed by atoms with E-state index in [0.29, 0.717) is 12.3 Å². The highest BCUT2D eigenvalue weighted by Crippen LogP contribution is 2.13. The normalized spacial score (nSPS) is 12.2. The van der Waals surface area contributed by atoms with Crippen molar-refractivity contribution in [3.63, 3.8) is 0 Å². The molecule has 1 aromatic rings. The molecule has 1 aromatic carbocycles. The van der Waals surface area contributed by atoms with E-state index in [9.17, 15) is 9.90 Å². The zero-order chi connectivity index (χ0) is 15.7. The lowest BCUT2D eigenvalue weighted by atomic mass is 9.97. The zero-order valence-electron chi connectivity index (χ0n) is 13.1. The van der Waals surface area contributed by atoms with E-state index < -0.39 is 6.10 Å². The molecule has 0 bridgehead atoms. The summed E-state index contributed by atoms with van der Waals surface area (Å²) < 4.78 is 5.06. The van der Waals surface area contributed by atoms with Gasteiger partial charge in [-0.1, -0.05) is 38.8 Å². The van der Waals surface area contributed by atoms with Gasteiger partial charge in [0.25, 0.3) is 0 Å². The fourth-order valence-electron chi connectivity index (χ4n) is 2.28. The maximum atomic E-state index is 11.8. The van der Waals surface area contributed by atoms with Gasteiger partial charge in [-0.25, -0.2) is 4.79 Å². The summed E-state index contributed by atoms with van der Waals surface area (Å²) in [4.78, 5) is 11.8. The standard InChI is InChI=1S/C16H26N2O3/c1-4-13(5-2)15(19)10-17-16(20)18-14-8-6-7-12(9-14)11-21-3/h6-9,13,15,19H,4-5,10-11H2,1-3H3,(H2,17,18,20). The van der Waals surface area contributed by atoms with Gasteiger partial charge in [0, 0.05) is 19.3 Å². The Morgan fingerprint density at radius 3 is 2.67 bits per heavy atom. The first-order valence-corrected chi connectivity index (χ1v) is 7.41. The highest BCUT2D eigenvalue weighted by molar-refractivity contribution is 5.89. The number of benzene rings is 1. The van der Waals surface area contributed by atoms with Crippen molar-refractivity contribution in [2.75, 3.05) is 19.0 Å². The Labute approximate surface area is 126 Å². The van der Waals surface area contributed by atoms with Gasteiger partial charge in [-0.05, 0) is 23.6 Å². The number of nitrogens with one attached hydrogen (secondary N) is 2. The van der Waals surface area contributed by atoms with Crippen LogP contribution in [0, 0.1) is 5.92 Å². The molecule has 1 rings (SSSR count). The van der Waals surface area contributed by atoms with Gasteiger partial charge in [0.05, 0.1) is 12.7 Å². The summed E-state index contributed by atoms with van der Waals surface area (Å²) in [6, 6.07) is 7.16. The van der Waals surface area contributed by atoms with Gasteiger partial charge in [-0.2, -0.15) is 0 Å². The summed E-state index contributed by atoms with van der Waals surface area (Å²) in [6.07, 6.45) is 1.30. The minimum atomic E-state index is -0.509. The number of anilines is 1. The molecule has 21 heavy (non-hydrogen) atoms. The molecule has 5 heteroatoms. The Kier molecular flexibility index (Phi) is 7.79. The average Bonchev–Trinajstić information content (AvgIpc) is 2.47. The van der Waals surface area contributed by atoms with Crippen LogP contribution in [0.4, 0.5) is 10.5 Å². The van der Waals surface area contributed by atoms with Crippen LogP contribution >= 0.6 is 0 Å². The molecule has 2 amide bonds. The maximum Gasteiger partial charge on any atom is 0.319 e. The van der Waals surface area contributed by atoms with Crippen molar-refractivity contribution in [3.05, 3.63) is 29.8 Å². The third-order valence-corrected chi connectivity index (χ3v) is 3.56. The van der Waals surface area contributed by atoms with Crippen LogP contribution in [0.5, 0.6) is 0 Å². The second-order valence-corrected chi connectivity index (χ2v) is 5.11. The quantitative estimate of drug-likeness (QED) is 0.690. The number of carbonyl (C=O) groups excluding carboxylic acids is 1. The molecule has 0 aliphatic rings. The van der Waals surface area contributed by atoms with Crippen LogP contribution < -0.4 is 10.6 Å². The van der Waals surface area contributed by atoms with E-state index in [1.54, 1.807) is 7.11 Å². The fraction of sp³-hybridized carbons (Fsp3) is 0.562. The molecule has 0 fully saturated rings. The Bertz CT molecular complexity index is 433. The summed E-state index contributed by atoms with van der Waals surface area (Å²) in [5.41, 5.74) is 1.70. The third-order valence-electron chi connectivity index (χ3n) is 3.56. The van der Waals surface area contributed by atoms with Gasteiger partial charge in [0.15, 0.2) is 0 Å². The van der Waals surface area contributed by atoms with Crippen molar-refractivity contribution in [1.29, 1.82) is 0 Å². The van der Waals surface area contributed by atoms with E-state index in [1.807, 2.05) is 38.1 Å². The first-order valence-electron chi connectivity index (χ1n) is 7.41. The van der Waals surface area contributed by atoms with Gasteiger partial charge in [0.1, 0.15) is 0 Å². The lowest BCUT2D eigenvalue weighted by molar-refractivity contribution is 0.104. The van der Waals surface area contributed by atoms with Crippen molar-refractivity contribution in [2.24, 2.45) is 5.92 Å². The number of carbonyl (C=O) groups is 1. The largest absolute Gasteiger partial charge is 0.391 e. The lowest BCUT2D eigenvalue weighted by Gasteiger charge is -2.20. The molecule has 0 heterocycles. The van der Waals surface area contributed by atoms with Crippen LogP contribution in [0.25, 0.3) is 0 Å². The number of amides is 2. The van der Waals surface area contributed by atoms with Crippen LogP contribution in [-0.2, 0) is 11.3 Å². The van der Waals surface area contributed by atoms with E-state index in [0.717, 1.165) is 18.4 Å². The number of rotatable bonds is 8. The predicted molar refractivity (Wildman–Crippen MR) is 84.3 cm³/mol. The molecule has 0 spiro atoms. The minimum Gasteiger partial charge on any atom is -0.391 e. The van der Waals surface area contributed by atoms with Gasteiger partial charge in [-0.3, -0.25) is 0 Å². The van der Waals surface area contributed by atoms with Crippen molar-refractivity contribution in [1.82, 2.24) is 5.32 Å². The number of ether oxygens (including phenoxy) is 1. The zero-order valence-corrected chi connectivity index (χ0v) is 13.1. The summed E-state index contributed by atoms with van der Waals surface area (Å²) >= 11 is 0. The van der Waals surface area contributed by atoms with Crippen molar-refractivity contribution in [3.8, 4) is 0 Å². The van der Waals surface area contributed by atoms with Crippen LogP contribution in [0.2, 0.25) is 0 Å². The van der Waals surface area contributed by atoms with E-state index in [2.05, 4.69) is 10.6 Å². The highest BCUT2D eigenvalue weighted by Gasteiger charge is 2.16. The summed E-state index contributed by atoms with van der Waals surface area (Å²) in [5, 5.41) is 15.4. The molecule has 0 saturated heterocycles. The summed E-state index contributed by atoms with van der Waals surface area (Å²) in [5.74, 6) is 0.218. The van der Waals surface area contributed by atoms with Gasteiger partial charge >= 0.3 is 6.03 Å². The number of hydrogen-bond acceptors (Lipinski definition) is 3. The smallest absolute Gasteiger partial charge is 0.319 e. The molecule has 0 radical (unpaired) electrons. The van der Waals surface area contributed by atoms with E-state index in [1.165, 1.54) is 0 Å². The second kappa shape index (κ2) is 9.37. The van der Waals surface area contributed by atoms with Crippen LogP contribution in [0.3, 0.4) is 0 Å². The van der Waals surface area contributed by atoms with Gasteiger partial charge in [-0.15, -0.1) is 0 Å². The molecule has 3 N–H and O–H groups in total. The van der Waals surface area contributed by atoms with Crippen LogP contribution in [0.15, 0.2) is 24.3 Å². The predicted octanol–water partition coefficient (Wildman–Crippen LogP) is 2.75. The van der Waals surface area contributed by atoms with Crippen molar-refractivity contribution < 1.29 is 14.6 Å². The van der Waals surface area contributed by atoms with E-state index in [-0.39, 0.29) is 18.5 Å². The molecule has 1 unspecified atom stereocenters. The Morgan fingerprint density at radius 2 is 2.05 bits per heavy atom. The number of hydrogen-bond donors (Lipinski definition) is 3. The van der Waals surface area contributed by atoms with E-state index >= 15 is 0 Å². The number of methoxy groups -OCH3 is 1. The second-order valence-electron chi connectivity index (χ2n) is 5.11. The minimum absolute atomic E-state index is 0.218. The lowest BCUT2D eigenvalue weighted by Crippen LogP contribution is -2.38. The van der Waals surface area contributed by atoms with Gasteiger partial charge in [0.2, 0.25) is 0 Å². The molecule has 5 nitrogen and oxygen atoms in total. The average molecular weight is 294 g/mol. The molecular formula is C16H26N2O3. The summed E-state index contributed by atoms with van der Waals surface area (Å²) in [6.45, 7) is 4.85. The first kappa shape index (κ1) is 17.5. The maximum absolute atomic E-state index is 11.8. The fourth-order valence-corrected chi connectivity index (χ4v) is 2.28. The number of aliphatic hydroxyl groups is 1. The van der Waals surface area contributed by atoms with Crippen molar-refractivity contribution >= 4 is 11.7 Å². The Morgan fingerprint density at radius 1 is 1.33 bits per heavy atom. The highest BCUT2D eigenvalue weighted by atomic mass is 16.5. The molecule has 118 valence electrons. The number of aliphatic hydroxyl groups excluding tert-OH is 1. The van der Waals surface area contributed by atoms with Crippen LogP contribution in [0.1, 0.15) is 32.3 Å². The van der Waals surface area contributed by atoms with Crippen LogP contribution in [-0.4, -0.2) is 30.9 Å². The molecular weight excluding hydrogens is 268 g/mol. The van der Waals surface area contributed by atoms with Gasteiger partial charge < -0.3 is 20.5 Å². The topological polar surface area (TPSA) is 70.6 Å². The Balaban J connectivity index is 2.45.